The van der Waals surface area contributed by atoms with Crippen LogP contribution in [-0.4, -0.2) is 28.7 Å². The van der Waals surface area contributed by atoms with Crippen molar-refractivity contribution in [3.8, 4) is 0 Å². The van der Waals surface area contributed by atoms with Gasteiger partial charge in [-0.05, 0) is 36.5 Å². The molecule has 0 amide bonds. The summed E-state index contributed by atoms with van der Waals surface area (Å²) < 4.78 is 20.2. The molecule has 3 heterocycles. The number of esters is 1. The highest BCUT2D eigenvalue weighted by molar-refractivity contribution is 7.10. The first-order valence-electron chi connectivity index (χ1n) is 8.87. The maximum atomic E-state index is 11.5. The number of aromatic nitrogens is 2. The fraction of sp³-hybridized carbons (Fsp3) is 0.316. The molecule has 1 fully saturated rings. The molecule has 4 rings (SSSR count). The van der Waals surface area contributed by atoms with E-state index in [1.165, 1.54) is 30.5 Å². The Balaban J connectivity index is 1.49. The molecule has 1 aliphatic rings. The van der Waals surface area contributed by atoms with Crippen molar-refractivity contribution in [2.45, 2.75) is 32.6 Å². The summed E-state index contributed by atoms with van der Waals surface area (Å²) in [6.07, 6.45) is 1.94. The van der Waals surface area contributed by atoms with Crippen LogP contribution in [0.3, 0.4) is 0 Å². The van der Waals surface area contributed by atoms with E-state index >= 15 is 0 Å². The summed E-state index contributed by atoms with van der Waals surface area (Å²) in [6.45, 7) is 4.06. The third-order valence-corrected chi connectivity index (χ3v) is 5.37. The van der Waals surface area contributed by atoms with Crippen molar-refractivity contribution in [3.63, 3.8) is 0 Å². The van der Waals surface area contributed by atoms with Gasteiger partial charge in [0.15, 0.2) is 11.9 Å². The van der Waals surface area contributed by atoms with Gasteiger partial charge in [-0.3, -0.25) is 5.32 Å². The minimum atomic E-state index is -0.554. The monoisotopic (exact) mass is 400 g/mol. The molecule has 2 aromatic heterocycles. The molecule has 1 aliphatic heterocycles. The first kappa shape index (κ1) is 18.5. The smallest absolute Gasteiger partial charge is 0.360 e. The van der Waals surface area contributed by atoms with Gasteiger partial charge in [-0.25, -0.2) is 4.79 Å². The van der Waals surface area contributed by atoms with Crippen LogP contribution in [0.1, 0.15) is 40.3 Å². The first-order valence-corrected chi connectivity index (χ1v) is 9.65. The third kappa shape index (κ3) is 3.58. The molecule has 0 spiro atoms. The van der Waals surface area contributed by atoms with Crippen molar-refractivity contribution >= 4 is 34.2 Å². The van der Waals surface area contributed by atoms with E-state index in [4.69, 9.17) is 9.15 Å². The van der Waals surface area contributed by atoms with Gasteiger partial charge < -0.3 is 19.2 Å². The summed E-state index contributed by atoms with van der Waals surface area (Å²) >= 11 is 1.29. The molecule has 146 valence electrons. The number of hydrogen-bond donors (Lipinski definition) is 2. The van der Waals surface area contributed by atoms with Gasteiger partial charge in [-0.15, -0.1) is 0 Å². The van der Waals surface area contributed by atoms with Gasteiger partial charge in [0.25, 0.3) is 0 Å². The van der Waals surface area contributed by atoms with E-state index in [2.05, 4.69) is 43.8 Å². The zero-order valence-electron chi connectivity index (χ0n) is 15.7. The van der Waals surface area contributed by atoms with Gasteiger partial charge in [0.1, 0.15) is 17.4 Å². The normalized spacial score (nSPS) is 18.0. The second-order valence-corrected chi connectivity index (χ2v) is 7.07. The van der Waals surface area contributed by atoms with Crippen LogP contribution in [0.25, 0.3) is 0 Å². The Morgan fingerprint density at radius 2 is 2.18 bits per heavy atom. The lowest BCUT2D eigenvalue weighted by molar-refractivity contribution is 0.0594. The van der Waals surface area contributed by atoms with Crippen molar-refractivity contribution in [1.82, 2.24) is 9.36 Å². The highest BCUT2D eigenvalue weighted by atomic mass is 32.1. The van der Waals surface area contributed by atoms with Gasteiger partial charge in [-0.1, -0.05) is 25.1 Å². The van der Waals surface area contributed by atoms with Gasteiger partial charge >= 0.3 is 12.0 Å². The molecule has 28 heavy (non-hydrogen) atoms. The number of rotatable bonds is 7. The SMILES string of the molecule is CCc1ccccc1NC1OC1c1c(C)nsc1Nc1nc(C(=O)OC)co1. The van der Waals surface area contributed by atoms with E-state index < -0.39 is 5.97 Å². The van der Waals surface area contributed by atoms with E-state index in [0.717, 1.165) is 28.4 Å². The largest absolute Gasteiger partial charge is 0.464 e. The topological polar surface area (TPSA) is 102 Å². The van der Waals surface area contributed by atoms with E-state index in [-0.39, 0.29) is 24.0 Å². The van der Waals surface area contributed by atoms with Crippen LogP contribution in [0.2, 0.25) is 0 Å². The van der Waals surface area contributed by atoms with Crippen molar-refractivity contribution in [3.05, 3.63) is 53.0 Å². The predicted molar refractivity (Wildman–Crippen MR) is 105 cm³/mol. The van der Waals surface area contributed by atoms with Crippen molar-refractivity contribution in [2.75, 3.05) is 17.7 Å². The lowest BCUT2D eigenvalue weighted by Crippen LogP contribution is -2.07. The standard InChI is InChI=1S/C19H20N4O4S/c1-4-11-7-5-6-8-12(11)20-16-15(27-16)14-10(2)23-28-17(14)22-19-21-13(9-26-19)18(24)25-3/h5-9,15-16,20H,4H2,1-3H3,(H,21,22). The van der Waals surface area contributed by atoms with E-state index in [1.807, 2.05) is 19.1 Å². The minimum Gasteiger partial charge on any atom is -0.464 e. The van der Waals surface area contributed by atoms with E-state index in [9.17, 15) is 4.79 Å². The maximum Gasteiger partial charge on any atom is 0.360 e. The number of ether oxygens (including phenoxy) is 2. The molecule has 0 bridgehead atoms. The zero-order chi connectivity index (χ0) is 19.7. The summed E-state index contributed by atoms with van der Waals surface area (Å²) in [5.41, 5.74) is 4.25. The molecule has 2 unspecified atom stereocenters. The van der Waals surface area contributed by atoms with Crippen molar-refractivity contribution in [2.24, 2.45) is 0 Å². The number of epoxide rings is 1. The lowest BCUT2D eigenvalue weighted by Gasteiger charge is -2.08. The number of carbonyl (C=O) groups is 1. The number of hydrogen-bond acceptors (Lipinski definition) is 9. The number of benzene rings is 1. The maximum absolute atomic E-state index is 11.5. The molecule has 0 aliphatic carbocycles. The Labute approximate surface area is 166 Å². The number of oxazole rings is 1. The molecular formula is C19H20N4O4S. The molecule has 0 saturated carbocycles. The number of methoxy groups -OCH3 is 1. The van der Waals surface area contributed by atoms with Crippen LogP contribution < -0.4 is 10.6 Å². The molecule has 1 saturated heterocycles. The molecule has 0 radical (unpaired) electrons. The molecule has 1 aromatic carbocycles. The summed E-state index contributed by atoms with van der Waals surface area (Å²) in [7, 11) is 1.29. The van der Waals surface area contributed by atoms with Crippen LogP contribution in [0.15, 0.2) is 34.9 Å². The average molecular weight is 400 g/mol. The number of nitrogens with one attached hydrogen (secondary N) is 2. The first-order chi connectivity index (χ1) is 13.6. The highest BCUT2D eigenvalue weighted by Crippen LogP contribution is 2.46. The Morgan fingerprint density at radius 1 is 1.36 bits per heavy atom. The Morgan fingerprint density at radius 3 is 2.96 bits per heavy atom. The minimum absolute atomic E-state index is 0.103. The summed E-state index contributed by atoms with van der Waals surface area (Å²) in [6, 6.07) is 8.39. The van der Waals surface area contributed by atoms with Crippen LogP contribution in [0.4, 0.5) is 16.7 Å². The van der Waals surface area contributed by atoms with Gasteiger partial charge in [-0.2, -0.15) is 9.36 Å². The molecular weight excluding hydrogens is 380 g/mol. The third-order valence-electron chi connectivity index (χ3n) is 4.50. The molecule has 8 nitrogen and oxygen atoms in total. The highest BCUT2D eigenvalue weighted by Gasteiger charge is 2.44. The number of aryl methyl sites for hydroxylation is 2. The number of para-hydroxylation sites is 1. The van der Waals surface area contributed by atoms with Gasteiger partial charge in [0.05, 0.1) is 12.8 Å². The molecule has 9 heteroatoms. The fourth-order valence-corrected chi connectivity index (χ4v) is 3.81. The Bertz CT molecular complexity index is 999. The van der Waals surface area contributed by atoms with Gasteiger partial charge in [0, 0.05) is 11.3 Å². The van der Waals surface area contributed by atoms with Crippen LogP contribution in [-0.2, 0) is 15.9 Å². The Hall–Kier alpha value is -2.91. The van der Waals surface area contributed by atoms with Crippen LogP contribution in [0.5, 0.6) is 0 Å². The summed E-state index contributed by atoms with van der Waals surface area (Å²) in [5, 5.41) is 7.30. The zero-order valence-corrected chi connectivity index (χ0v) is 16.5. The second kappa shape index (κ2) is 7.61. The summed E-state index contributed by atoms with van der Waals surface area (Å²) in [4.78, 5) is 15.6. The average Bonchev–Trinajstić information content (AvgIpc) is 3.12. The molecule has 3 aromatic rings. The molecule has 2 N–H and O–H groups in total. The van der Waals surface area contributed by atoms with Crippen LogP contribution in [0, 0.1) is 6.92 Å². The van der Waals surface area contributed by atoms with E-state index in [1.54, 1.807) is 0 Å². The van der Waals surface area contributed by atoms with E-state index in [0.29, 0.717) is 0 Å². The number of anilines is 3. The number of carbonyl (C=O) groups excluding carboxylic acids is 1. The predicted octanol–water partition coefficient (Wildman–Crippen LogP) is 4.04. The fourth-order valence-electron chi connectivity index (χ4n) is 2.99. The second-order valence-electron chi connectivity index (χ2n) is 6.30. The lowest BCUT2D eigenvalue weighted by atomic mass is 10.1. The summed E-state index contributed by atoms with van der Waals surface area (Å²) in [5.74, 6) is -0.554. The molecule has 2 atom stereocenters. The van der Waals surface area contributed by atoms with Crippen molar-refractivity contribution < 1.29 is 18.7 Å². The Kier molecular flexibility index (Phi) is 5.01. The van der Waals surface area contributed by atoms with Crippen LogP contribution >= 0.6 is 11.5 Å². The van der Waals surface area contributed by atoms with Crippen molar-refractivity contribution in [1.29, 1.82) is 0 Å². The van der Waals surface area contributed by atoms with Gasteiger partial charge in [0.2, 0.25) is 0 Å². The number of nitrogens with zero attached hydrogens (tertiary/aromatic N) is 2. The quantitative estimate of drug-likeness (QED) is 0.452.